The Labute approximate surface area is 141 Å². The molecule has 2 heterocycles. The van der Waals surface area contributed by atoms with Gasteiger partial charge in [-0.25, -0.2) is 4.79 Å². The molecule has 0 saturated carbocycles. The van der Waals surface area contributed by atoms with Crippen molar-refractivity contribution in [1.29, 1.82) is 0 Å². The highest BCUT2D eigenvalue weighted by Crippen LogP contribution is 2.25. The Morgan fingerprint density at radius 3 is 2.46 bits per heavy atom. The van der Waals surface area contributed by atoms with Crippen LogP contribution in [0.5, 0.6) is 0 Å². The summed E-state index contributed by atoms with van der Waals surface area (Å²) < 4.78 is 1.78. The average Bonchev–Trinajstić information content (AvgIpc) is 3.03. The van der Waals surface area contributed by atoms with Gasteiger partial charge in [0.1, 0.15) is 16.7 Å². The lowest BCUT2D eigenvalue weighted by atomic mass is 10.1. The number of carbonyl (C=O) groups excluding carboxylic acids is 1. The largest absolute Gasteiger partial charge is 0.481 e. The molecule has 130 valence electrons. The van der Waals surface area contributed by atoms with E-state index in [-0.39, 0.29) is 18.8 Å². The highest BCUT2D eigenvalue weighted by atomic mass is 32.1. The van der Waals surface area contributed by atoms with Gasteiger partial charge in [-0.3, -0.25) is 14.0 Å². The third kappa shape index (κ3) is 3.53. The molecule has 2 aromatic heterocycles. The van der Waals surface area contributed by atoms with E-state index in [2.05, 4.69) is 15.5 Å². The Balaban J connectivity index is 2.25. The Morgan fingerprint density at radius 2 is 1.92 bits per heavy atom. The van der Waals surface area contributed by atoms with Crippen molar-refractivity contribution in [2.75, 3.05) is 0 Å². The molecule has 24 heavy (non-hydrogen) atoms. The van der Waals surface area contributed by atoms with Crippen molar-refractivity contribution in [3.05, 3.63) is 16.4 Å². The third-order valence-corrected chi connectivity index (χ3v) is 4.62. The van der Waals surface area contributed by atoms with Crippen LogP contribution in [0.4, 0.5) is 0 Å². The third-order valence-electron chi connectivity index (χ3n) is 3.49. The molecule has 2 rings (SSSR count). The van der Waals surface area contributed by atoms with Crippen molar-refractivity contribution in [3.8, 4) is 0 Å². The Bertz CT molecular complexity index is 795. The van der Waals surface area contributed by atoms with Gasteiger partial charge >= 0.3 is 11.9 Å². The first-order valence-corrected chi connectivity index (χ1v) is 8.13. The molecule has 0 aliphatic heterocycles. The quantitative estimate of drug-likeness (QED) is 0.681. The predicted molar refractivity (Wildman–Crippen MR) is 85.4 cm³/mol. The van der Waals surface area contributed by atoms with Crippen LogP contribution >= 0.6 is 11.3 Å². The van der Waals surface area contributed by atoms with Crippen LogP contribution in [0.15, 0.2) is 0 Å². The van der Waals surface area contributed by atoms with Gasteiger partial charge in [0, 0.05) is 18.0 Å². The van der Waals surface area contributed by atoms with E-state index in [9.17, 15) is 14.4 Å². The van der Waals surface area contributed by atoms with Gasteiger partial charge < -0.3 is 15.5 Å². The summed E-state index contributed by atoms with van der Waals surface area (Å²) in [5.74, 6) is -2.11. The molecule has 0 fully saturated rings. The highest BCUT2D eigenvalue weighted by molar-refractivity contribution is 7.19. The lowest BCUT2D eigenvalue weighted by Crippen LogP contribution is -2.41. The summed E-state index contributed by atoms with van der Waals surface area (Å²) in [4.78, 5) is 35.1. The zero-order valence-corrected chi connectivity index (χ0v) is 14.3. The molecule has 0 aliphatic carbocycles. The number of carboxylic acids is 2. The van der Waals surface area contributed by atoms with E-state index >= 15 is 0 Å². The summed E-state index contributed by atoms with van der Waals surface area (Å²) in [5, 5.41) is 28.3. The average molecular weight is 354 g/mol. The number of aryl methyl sites for hydroxylation is 1. The van der Waals surface area contributed by atoms with Gasteiger partial charge in [0.2, 0.25) is 4.96 Å². The Hall–Kier alpha value is -2.49. The lowest BCUT2D eigenvalue weighted by molar-refractivity contribution is -0.140. The fourth-order valence-corrected chi connectivity index (χ4v) is 3.24. The number of aliphatic carboxylic acids is 2. The smallest absolute Gasteiger partial charge is 0.326 e. The van der Waals surface area contributed by atoms with E-state index in [1.165, 1.54) is 0 Å². The molecule has 9 nitrogen and oxygen atoms in total. The number of hydrogen-bond donors (Lipinski definition) is 3. The van der Waals surface area contributed by atoms with E-state index in [0.717, 1.165) is 17.2 Å². The maximum absolute atomic E-state index is 12.4. The zero-order chi connectivity index (χ0) is 18.0. The molecule has 0 aliphatic rings. The summed E-state index contributed by atoms with van der Waals surface area (Å²) >= 11 is 1.12. The van der Waals surface area contributed by atoms with E-state index < -0.39 is 23.9 Å². The molecule has 0 bridgehead atoms. The van der Waals surface area contributed by atoms with Crippen molar-refractivity contribution in [1.82, 2.24) is 19.9 Å². The molecule has 3 N–H and O–H groups in total. The highest BCUT2D eigenvalue weighted by Gasteiger charge is 2.25. The first kappa shape index (κ1) is 17.9. The summed E-state index contributed by atoms with van der Waals surface area (Å²) in [5.41, 5.74) is 0.628. The molecule has 1 atom stereocenters. The lowest BCUT2D eigenvalue weighted by Gasteiger charge is -2.13. The fourth-order valence-electron chi connectivity index (χ4n) is 2.26. The van der Waals surface area contributed by atoms with Crippen LogP contribution in [0.2, 0.25) is 0 Å². The first-order chi connectivity index (χ1) is 11.2. The number of fused-ring (bicyclic) bond motifs is 1. The molecule has 1 amide bonds. The normalized spacial score (nSPS) is 12.5. The Morgan fingerprint density at radius 1 is 1.25 bits per heavy atom. The standard InChI is InChI=1S/C14H18N4O5S/c1-6(2)11-16-17-14-18(11)7(3)10(24-14)12(21)15-8(13(22)23)4-5-9(19)20/h6,8H,4-5H2,1-3H3,(H,15,21)(H,19,20)(H,22,23). The number of thiazole rings is 1. The van der Waals surface area contributed by atoms with Gasteiger partial charge in [0.05, 0.1) is 0 Å². The molecule has 0 radical (unpaired) electrons. The van der Waals surface area contributed by atoms with Crippen LogP contribution < -0.4 is 5.32 Å². The van der Waals surface area contributed by atoms with Crippen LogP contribution in [-0.4, -0.2) is 48.7 Å². The number of carboxylic acid groups (broad SMARTS) is 2. The van der Waals surface area contributed by atoms with Crippen LogP contribution in [0.25, 0.3) is 4.96 Å². The number of amides is 1. The van der Waals surface area contributed by atoms with Crippen LogP contribution in [0, 0.1) is 6.92 Å². The summed E-state index contributed by atoms with van der Waals surface area (Å²) in [7, 11) is 0. The monoisotopic (exact) mass is 354 g/mol. The molecule has 1 unspecified atom stereocenters. The van der Waals surface area contributed by atoms with Gasteiger partial charge in [0.15, 0.2) is 0 Å². The van der Waals surface area contributed by atoms with Crippen molar-refractivity contribution < 1.29 is 24.6 Å². The van der Waals surface area contributed by atoms with E-state index in [4.69, 9.17) is 10.2 Å². The molecule has 10 heteroatoms. The maximum Gasteiger partial charge on any atom is 0.326 e. The minimum absolute atomic E-state index is 0.117. The number of carbonyl (C=O) groups is 3. The van der Waals surface area contributed by atoms with Gasteiger partial charge in [-0.1, -0.05) is 25.2 Å². The maximum atomic E-state index is 12.4. The van der Waals surface area contributed by atoms with Gasteiger partial charge in [0.25, 0.3) is 5.91 Å². The van der Waals surface area contributed by atoms with Crippen molar-refractivity contribution >= 4 is 34.1 Å². The number of aromatic nitrogens is 3. The predicted octanol–water partition coefficient (Wildman–Crippen LogP) is 1.27. The van der Waals surface area contributed by atoms with Crippen molar-refractivity contribution in [2.45, 2.75) is 45.6 Å². The molecular weight excluding hydrogens is 336 g/mol. The van der Waals surface area contributed by atoms with E-state index in [0.29, 0.717) is 15.5 Å². The summed E-state index contributed by atoms with van der Waals surface area (Å²) in [6, 6.07) is -1.26. The van der Waals surface area contributed by atoms with E-state index in [1.54, 1.807) is 11.3 Å². The minimum Gasteiger partial charge on any atom is -0.481 e. The Kier molecular flexibility index (Phi) is 5.17. The molecule has 0 saturated heterocycles. The number of rotatable bonds is 7. The second-order valence-corrected chi connectivity index (χ2v) is 6.62. The fraction of sp³-hybridized carbons (Fsp3) is 0.500. The van der Waals surface area contributed by atoms with Gasteiger partial charge in [-0.15, -0.1) is 10.2 Å². The van der Waals surface area contributed by atoms with Gasteiger partial charge in [-0.05, 0) is 13.3 Å². The molecule has 2 aromatic rings. The second-order valence-electron chi connectivity index (χ2n) is 5.64. The molecule has 0 aromatic carbocycles. The van der Waals surface area contributed by atoms with Crippen molar-refractivity contribution in [2.24, 2.45) is 0 Å². The van der Waals surface area contributed by atoms with Gasteiger partial charge in [-0.2, -0.15) is 0 Å². The first-order valence-electron chi connectivity index (χ1n) is 7.32. The number of hydrogen-bond acceptors (Lipinski definition) is 6. The van der Waals surface area contributed by atoms with E-state index in [1.807, 2.05) is 13.8 Å². The SMILES string of the molecule is Cc1c(C(=O)NC(CCC(=O)O)C(=O)O)sc2nnc(C(C)C)n12. The minimum atomic E-state index is -1.27. The summed E-state index contributed by atoms with van der Waals surface area (Å²) in [6.45, 7) is 5.65. The number of nitrogens with zero attached hydrogens (tertiary/aromatic N) is 3. The number of nitrogens with one attached hydrogen (secondary N) is 1. The zero-order valence-electron chi connectivity index (χ0n) is 13.4. The summed E-state index contributed by atoms with van der Waals surface area (Å²) in [6.07, 6.45) is -0.526. The topological polar surface area (TPSA) is 134 Å². The molecular formula is C14H18N4O5S. The van der Waals surface area contributed by atoms with Crippen LogP contribution in [0.3, 0.4) is 0 Å². The molecule has 0 spiro atoms. The van der Waals surface area contributed by atoms with Crippen LogP contribution in [-0.2, 0) is 9.59 Å². The second kappa shape index (κ2) is 6.95. The van der Waals surface area contributed by atoms with Crippen LogP contribution in [0.1, 0.15) is 53.8 Å². The van der Waals surface area contributed by atoms with Crippen molar-refractivity contribution in [3.63, 3.8) is 0 Å².